The molecule has 0 bridgehead atoms. The second-order valence-electron chi connectivity index (χ2n) is 4.19. The van der Waals surface area contributed by atoms with Crippen LogP contribution < -0.4 is 11.1 Å². The van der Waals surface area contributed by atoms with E-state index < -0.39 is 11.7 Å². The molecular weight excluding hydrogens is 311 g/mol. The van der Waals surface area contributed by atoms with Crippen molar-refractivity contribution in [2.24, 2.45) is 0 Å². The fourth-order valence-electron chi connectivity index (χ4n) is 1.67. The summed E-state index contributed by atoms with van der Waals surface area (Å²) in [6.07, 6.45) is 0. The zero-order valence-electron chi connectivity index (χ0n) is 10.2. The van der Waals surface area contributed by atoms with E-state index in [2.05, 4.69) is 21.2 Å². The van der Waals surface area contributed by atoms with Gasteiger partial charge in [0.2, 0.25) is 0 Å². The molecule has 0 saturated heterocycles. The molecule has 3 nitrogen and oxygen atoms in total. The van der Waals surface area contributed by atoms with Crippen LogP contribution in [0.15, 0.2) is 40.9 Å². The number of anilines is 2. The van der Waals surface area contributed by atoms with Gasteiger partial charge in [-0.2, -0.15) is 0 Å². The number of hydrogen-bond donors (Lipinski definition) is 2. The Bertz CT molecular complexity index is 623. The number of benzene rings is 2. The van der Waals surface area contributed by atoms with Crippen molar-refractivity contribution in [3.63, 3.8) is 0 Å². The van der Waals surface area contributed by atoms with Gasteiger partial charge < -0.3 is 11.1 Å². The zero-order chi connectivity index (χ0) is 14.0. The van der Waals surface area contributed by atoms with Gasteiger partial charge >= 0.3 is 0 Å². The van der Waals surface area contributed by atoms with Gasteiger partial charge in [0.15, 0.2) is 0 Å². The van der Waals surface area contributed by atoms with Crippen LogP contribution in [-0.2, 0) is 0 Å². The summed E-state index contributed by atoms with van der Waals surface area (Å²) in [5.41, 5.74) is 7.56. The zero-order valence-corrected chi connectivity index (χ0v) is 11.8. The molecule has 0 atom stereocenters. The predicted molar refractivity (Wildman–Crippen MR) is 77.6 cm³/mol. The lowest BCUT2D eigenvalue weighted by Crippen LogP contribution is -2.12. The molecule has 2 rings (SSSR count). The average molecular weight is 323 g/mol. The van der Waals surface area contributed by atoms with Gasteiger partial charge in [-0.3, -0.25) is 4.79 Å². The van der Waals surface area contributed by atoms with Crippen molar-refractivity contribution in [2.45, 2.75) is 6.92 Å². The maximum absolute atomic E-state index is 13.2. The summed E-state index contributed by atoms with van der Waals surface area (Å²) in [5.74, 6) is -0.926. The van der Waals surface area contributed by atoms with E-state index in [1.54, 1.807) is 6.07 Å². The standard InChI is InChI=1S/C14H12BrFN2O/c1-8-4-12(2-3-13(8)15)18-14(19)9-5-10(16)7-11(17)6-9/h2-7H,17H2,1H3,(H,18,19). The molecule has 98 valence electrons. The number of amides is 1. The summed E-state index contributed by atoms with van der Waals surface area (Å²) >= 11 is 3.38. The highest BCUT2D eigenvalue weighted by molar-refractivity contribution is 9.10. The van der Waals surface area contributed by atoms with Crippen LogP contribution in [0.3, 0.4) is 0 Å². The maximum atomic E-state index is 13.2. The van der Waals surface area contributed by atoms with E-state index in [4.69, 9.17) is 5.73 Å². The van der Waals surface area contributed by atoms with Crippen molar-refractivity contribution in [2.75, 3.05) is 11.1 Å². The summed E-state index contributed by atoms with van der Waals surface area (Å²) in [7, 11) is 0. The van der Waals surface area contributed by atoms with E-state index in [1.807, 2.05) is 19.1 Å². The van der Waals surface area contributed by atoms with Gasteiger partial charge in [0.1, 0.15) is 5.82 Å². The van der Waals surface area contributed by atoms with Gasteiger partial charge in [-0.15, -0.1) is 0 Å². The molecule has 5 heteroatoms. The second-order valence-corrected chi connectivity index (χ2v) is 5.05. The van der Waals surface area contributed by atoms with Crippen LogP contribution in [0.25, 0.3) is 0 Å². The molecule has 0 fully saturated rings. The summed E-state index contributed by atoms with van der Waals surface area (Å²) in [6, 6.07) is 9.18. The molecule has 0 heterocycles. The fourth-order valence-corrected chi connectivity index (χ4v) is 1.92. The first-order chi connectivity index (χ1) is 8.95. The van der Waals surface area contributed by atoms with Crippen molar-refractivity contribution < 1.29 is 9.18 Å². The first-order valence-electron chi connectivity index (χ1n) is 5.59. The van der Waals surface area contributed by atoms with Crippen LogP contribution in [0.2, 0.25) is 0 Å². The number of hydrogen-bond acceptors (Lipinski definition) is 2. The maximum Gasteiger partial charge on any atom is 0.255 e. The third kappa shape index (κ3) is 3.32. The number of nitrogen functional groups attached to an aromatic ring is 1. The van der Waals surface area contributed by atoms with Gasteiger partial charge in [0.05, 0.1) is 0 Å². The molecule has 2 aromatic rings. The molecule has 2 aromatic carbocycles. The van der Waals surface area contributed by atoms with Crippen molar-refractivity contribution in [3.05, 3.63) is 57.8 Å². The Balaban J connectivity index is 2.22. The Morgan fingerprint density at radius 3 is 2.63 bits per heavy atom. The van der Waals surface area contributed by atoms with Gasteiger partial charge in [-0.25, -0.2) is 4.39 Å². The molecular formula is C14H12BrFN2O. The number of carbonyl (C=O) groups excluding carboxylic acids is 1. The van der Waals surface area contributed by atoms with Crippen molar-refractivity contribution >= 4 is 33.2 Å². The Hall–Kier alpha value is -1.88. The van der Waals surface area contributed by atoms with Gasteiger partial charge in [0, 0.05) is 21.4 Å². The van der Waals surface area contributed by atoms with E-state index in [9.17, 15) is 9.18 Å². The van der Waals surface area contributed by atoms with E-state index in [0.717, 1.165) is 16.1 Å². The van der Waals surface area contributed by atoms with E-state index in [1.165, 1.54) is 12.1 Å². The first kappa shape index (κ1) is 13.5. The summed E-state index contributed by atoms with van der Waals surface area (Å²) in [4.78, 5) is 12.0. The minimum Gasteiger partial charge on any atom is -0.399 e. The summed E-state index contributed by atoms with van der Waals surface area (Å²) < 4.78 is 14.1. The lowest BCUT2D eigenvalue weighted by Gasteiger charge is -2.08. The summed E-state index contributed by atoms with van der Waals surface area (Å²) in [6.45, 7) is 1.92. The van der Waals surface area contributed by atoms with Crippen molar-refractivity contribution in [1.29, 1.82) is 0 Å². The lowest BCUT2D eigenvalue weighted by molar-refractivity contribution is 0.102. The number of nitrogens with one attached hydrogen (secondary N) is 1. The highest BCUT2D eigenvalue weighted by Crippen LogP contribution is 2.21. The first-order valence-corrected chi connectivity index (χ1v) is 6.38. The molecule has 0 aliphatic heterocycles. The highest BCUT2D eigenvalue weighted by Gasteiger charge is 2.09. The third-order valence-electron chi connectivity index (χ3n) is 2.60. The minimum atomic E-state index is -0.530. The molecule has 0 spiro atoms. The molecule has 0 aliphatic carbocycles. The van der Waals surface area contributed by atoms with Crippen LogP contribution >= 0.6 is 15.9 Å². The third-order valence-corrected chi connectivity index (χ3v) is 3.49. The Morgan fingerprint density at radius 2 is 2.00 bits per heavy atom. The van der Waals surface area contributed by atoms with Crippen LogP contribution in [0.1, 0.15) is 15.9 Å². The second kappa shape index (κ2) is 5.40. The number of nitrogens with two attached hydrogens (primary N) is 1. The summed E-state index contributed by atoms with van der Waals surface area (Å²) in [5, 5.41) is 2.70. The number of aryl methyl sites for hydroxylation is 1. The van der Waals surface area contributed by atoms with E-state index in [0.29, 0.717) is 5.69 Å². The smallest absolute Gasteiger partial charge is 0.255 e. The monoisotopic (exact) mass is 322 g/mol. The molecule has 0 unspecified atom stereocenters. The Labute approximate surface area is 118 Å². The molecule has 0 aromatic heterocycles. The van der Waals surface area contributed by atoms with Gasteiger partial charge in [0.25, 0.3) is 5.91 Å². The number of carbonyl (C=O) groups is 1. The molecule has 1 amide bonds. The van der Waals surface area contributed by atoms with Crippen molar-refractivity contribution in [3.8, 4) is 0 Å². The Morgan fingerprint density at radius 1 is 1.26 bits per heavy atom. The van der Waals surface area contributed by atoms with E-state index in [-0.39, 0.29) is 11.3 Å². The number of rotatable bonds is 2. The largest absolute Gasteiger partial charge is 0.399 e. The fraction of sp³-hybridized carbons (Fsp3) is 0.0714. The van der Waals surface area contributed by atoms with Gasteiger partial charge in [-0.1, -0.05) is 15.9 Å². The molecule has 0 aliphatic rings. The van der Waals surface area contributed by atoms with Crippen LogP contribution in [0.4, 0.5) is 15.8 Å². The normalized spacial score (nSPS) is 10.3. The highest BCUT2D eigenvalue weighted by atomic mass is 79.9. The van der Waals surface area contributed by atoms with Crippen LogP contribution in [0, 0.1) is 12.7 Å². The van der Waals surface area contributed by atoms with Gasteiger partial charge in [-0.05, 0) is 48.9 Å². The predicted octanol–water partition coefficient (Wildman–Crippen LogP) is 3.73. The number of halogens is 2. The molecule has 19 heavy (non-hydrogen) atoms. The Kier molecular flexibility index (Phi) is 3.85. The van der Waals surface area contributed by atoms with Crippen LogP contribution in [0.5, 0.6) is 0 Å². The average Bonchev–Trinajstić information content (AvgIpc) is 2.32. The van der Waals surface area contributed by atoms with Crippen molar-refractivity contribution in [1.82, 2.24) is 0 Å². The SMILES string of the molecule is Cc1cc(NC(=O)c2cc(N)cc(F)c2)ccc1Br. The topological polar surface area (TPSA) is 55.1 Å². The lowest BCUT2D eigenvalue weighted by atomic mass is 10.1. The van der Waals surface area contributed by atoms with Crippen LogP contribution in [-0.4, -0.2) is 5.91 Å². The quantitative estimate of drug-likeness (QED) is 0.828. The minimum absolute atomic E-state index is 0.193. The molecule has 0 radical (unpaired) electrons. The van der Waals surface area contributed by atoms with E-state index >= 15 is 0 Å². The molecule has 3 N–H and O–H groups in total. The molecule has 0 saturated carbocycles.